The van der Waals surface area contributed by atoms with Crippen LogP contribution < -0.4 is 9.47 Å². The lowest BCUT2D eigenvalue weighted by Gasteiger charge is -2.14. The van der Waals surface area contributed by atoms with Gasteiger partial charge in [-0.3, -0.25) is 19.3 Å². The van der Waals surface area contributed by atoms with Crippen molar-refractivity contribution in [1.82, 2.24) is 4.90 Å². The zero-order valence-electron chi connectivity index (χ0n) is 16.5. The number of halogens is 2. The lowest BCUT2D eigenvalue weighted by atomic mass is 10.1. The van der Waals surface area contributed by atoms with Crippen molar-refractivity contribution in [2.45, 2.75) is 6.61 Å². The van der Waals surface area contributed by atoms with E-state index in [1.807, 2.05) is 22.6 Å². The number of carbonyl (C=O) groups excluding carboxylic acids is 3. The van der Waals surface area contributed by atoms with Crippen molar-refractivity contribution in [3.63, 3.8) is 0 Å². The van der Waals surface area contributed by atoms with E-state index >= 15 is 0 Å². The molecule has 1 saturated heterocycles. The molecule has 0 radical (unpaired) electrons. The van der Waals surface area contributed by atoms with Gasteiger partial charge in [0.1, 0.15) is 19.0 Å². The Bertz CT molecular complexity index is 1070. The Morgan fingerprint density at radius 3 is 2.65 bits per heavy atom. The number of esters is 1. The van der Waals surface area contributed by atoms with E-state index in [4.69, 9.17) is 9.47 Å². The number of methoxy groups -OCH3 is 2. The van der Waals surface area contributed by atoms with Crippen molar-refractivity contribution in [1.29, 1.82) is 0 Å². The molecule has 0 aromatic heterocycles. The zero-order valence-corrected chi connectivity index (χ0v) is 19.5. The summed E-state index contributed by atoms with van der Waals surface area (Å²) in [6, 6.07) is 9.71. The molecular weight excluding hydrogens is 540 g/mol. The van der Waals surface area contributed by atoms with Gasteiger partial charge >= 0.3 is 5.97 Å². The molecule has 0 bridgehead atoms. The molecule has 0 spiro atoms. The number of amides is 2. The van der Waals surface area contributed by atoms with Gasteiger partial charge in [-0.15, -0.1) is 0 Å². The molecule has 0 aliphatic carbocycles. The predicted molar refractivity (Wildman–Crippen MR) is 121 cm³/mol. The van der Waals surface area contributed by atoms with E-state index < -0.39 is 23.7 Å². The Morgan fingerprint density at radius 2 is 1.97 bits per heavy atom. The zero-order chi connectivity index (χ0) is 22.5. The Kier molecular flexibility index (Phi) is 7.55. The molecule has 1 aliphatic heterocycles. The third-order valence-corrected chi connectivity index (χ3v) is 5.98. The average Bonchev–Trinajstić information content (AvgIpc) is 3.00. The van der Waals surface area contributed by atoms with Gasteiger partial charge in [-0.25, -0.2) is 4.39 Å². The third-order valence-electron chi connectivity index (χ3n) is 4.27. The largest absolute Gasteiger partial charge is 0.493 e. The predicted octanol–water partition coefficient (Wildman–Crippen LogP) is 4.23. The summed E-state index contributed by atoms with van der Waals surface area (Å²) < 4.78 is 30.2. The van der Waals surface area contributed by atoms with Gasteiger partial charge in [-0.2, -0.15) is 0 Å². The van der Waals surface area contributed by atoms with Crippen LogP contribution in [0.4, 0.5) is 9.18 Å². The van der Waals surface area contributed by atoms with Crippen LogP contribution in [0.15, 0.2) is 41.3 Å². The molecule has 0 N–H and O–H groups in total. The summed E-state index contributed by atoms with van der Waals surface area (Å²) in [5.41, 5.74) is 1.01. The Labute approximate surface area is 195 Å². The van der Waals surface area contributed by atoms with E-state index in [-0.39, 0.29) is 17.3 Å². The van der Waals surface area contributed by atoms with Crippen LogP contribution in [0.1, 0.15) is 11.1 Å². The molecule has 0 saturated carbocycles. The highest BCUT2D eigenvalue weighted by Gasteiger charge is 2.36. The highest BCUT2D eigenvalue weighted by molar-refractivity contribution is 14.1. The van der Waals surface area contributed by atoms with Crippen molar-refractivity contribution in [3.8, 4) is 11.5 Å². The summed E-state index contributed by atoms with van der Waals surface area (Å²) in [7, 11) is 2.65. The van der Waals surface area contributed by atoms with Crippen LogP contribution in [0.5, 0.6) is 11.5 Å². The van der Waals surface area contributed by atoms with E-state index in [0.29, 0.717) is 26.2 Å². The van der Waals surface area contributed by atoms with Crippen molar-refractivity contribution in [2.24, 2.45) is 0 Å². The van der Waals surface area contributed by atoms with Gasteiger partial charge in [-0.05, 0) is 64.2 Å². The summed E-state index contributed by atoms with van der Waals surface area (Å²) in [5, 5.41) is -0.548. The maximum atomic E-state index is 13.9. The van der Waals surface area contributed by atoms with Gasteiger partial charge < -0.3 is 14.2 Å². The number of thioether (sulfide) groups is 1. The fourth-order valence-electron chi connectivity index (χ4n) is 2.71. The van der Waals surface area contributed by atoms with Crippen LogP contribution in [0.25, 0.3) is 6.08 Å². The molecule has 2 aromatic carbocycles. The summed E-state index contributed by atoms with van der Waals surface area (Å²) in [4.78, 5) is 37.0. The van der Waals surface area contributed by atoms with Gasteiger partial charge in [0.15, 0.2) is 11.5 Å². The number of carbonyl (C=O) groups is 3. The molecule has 0 atom stereocenters. The molecule has 1 fully saturated rings. The fraction of sp³-hybridized carbons (Fsp3) is 0.190. The number of nitrogens with zero attached hydrogens (tertiary/aromatic N) is 1. The van der Waals surface area contributed by atoms with Crippen molar-refractivity contribution < 1.29 is 33.0 Å². The highest BCUT2D eigenvalue weighted by Crippen LogP contribution is 2.37. The lowest BCUT2D eigenvalue weighted by Crippen LogP contribution is -2.34. The topological polar surface area (TPSA) is 82.1 Å². The highest BCUT2D eigenvalue weighted by atomic mass is 127. The first-order valence-corrected chi connectivity index (χ1v) is 10.8. The first-order valence-electron chi connectivity index (χ1n) is 8.90. The monoisotopic (exact) mass is 557 g/mol. The number of rotatable bonds is 7. The SMILES string of the molecule is COC(=O)CN1C(=O)S/C(=C/c2cc(I)c(OCc3ccccc3F)c(OC)c2)C1=O. The van der Waals surface area contributed by atoms with E-state index in [1.165, 1.54) is 26.4 Å². The quantitative estimate of drug-likeness (QED) is 0.287. The summed E-state index contributed by atoms with van der Waals surface area (Å²) in [6.07, 6.45) is 1.54. The molecule has 162 valence electrons. The molecule has 2 aromatic rings. The van der Waals surface area contributed by atoms with E-state index in [1.54, 1.807) is 30.3 Å². The van der Waals surface area contributed by atoms with Gasteiger partial charge in [0, 0.05) is 5.56 Å². The molecule has 31 heavy (non-hydrogen) atoms. The molecule has 1 heterocycles. The lowest BCUT2D eigenvalue weighted by molar-refractivity contribution is -0.143. The second-order valence-corrected chi connectivity index (χ2v) is 8.41. The maximum Gasteiger partial charge on any atom is 0.325 e. The van der Waals surface area contributed by atoms with E-state index in [0.717, 1.165) is 16.7 Å². The van der Waals surface area contributed by atoms with Crippen LogP contribution in [0.3, 0.4) is 0 Å². The minimum Gasteiger partial charge on any atom is -0.493 e. The second-order valence-electron chi connectivity index (χ2n) is 6.26. The summed E-state index contributed by atoms with van der Waals surface area (Å²) in [5.74, 6) is -0.799. The van der Waals surface area contributed by atoms with E-state index in [9.17, 15) is 18.8 Å². The average molecular weight is 557 g/mol. The minimum atomic E-state index is -0.684. The van der Waals surface area contributed by atoms with Gasteiger partial charge in [0.05, 0.1) is 22.7 Å². The molecule has 1 aliphatic rings. The van der Waals surface area contributed by atoms with Crippen molar-refractivity contribution in [3.05, 3.63) is 61.8 Å². The Balaban J connectivity index is 1.83. The fourth-order valence-corrected chi connectivity index (χ4v) is 4.33. The van der Waals surface area contributed by atoms with Crippen LogP contribution in [-0.4, -0.2) is 42.8 Å². The van der Waals surface area contributed by atoms with Crippen LogP contribution in [0.2, 0.25) is 0 Å². The Morgan fingerprint density at radius 1 is 1.23 bits per heavy atom. The number of benzene rings is 2. The number of hydrogen-bond acceptors (Lipinski definition) is 7. The second kappa shape index (κ2) is 10.1. The molecule has 2 amide bonds. The summed E-state index contributed by atoms with van der Waals surface area (Å²) in [6.45, 7) is -0.424. The first kappa shape index (κ1) is 23.1. The van der Waals surface area contributed by atoms with Crippen LogP contribution >= 0.6 is 34.4 Å². The number of hydrogen-bond donors (Lipinski definition) is 0. The standard InChI is InChI=1S/C21H17FINO6S/c1-28-16-8-12(9-17-20(26)24(21(27)31-17)10-18(25)29-2)7-15(23)19(16)30-11-13-5-3-4-6-14(13)22/h3-9H,10-11H2,1-2H3/b17-9+. The first-order chi connectivity index (χ1) is 14.8. The van der Waals surface area contributed by atoms with Gasteiger partial charge in [0.2, 0.25) is 0 Å². The number of ether oxygens (including phenoxy) is 3. The van der Waals surface area contributed by atoms with Crippen LogP contribution in [0, 0.1) is 9.39 Å². The van der Waals surface area contributed by atoms with Crippen LogP contribution in [-0.2, 0) is 20.9 Å². The summed E-state index contributed by atoms with van der Waals surface area (Å²) >= 11 is 2.79. The van der Waals surface area contributed by atoms with Crippen molar-refractivity contribution >= 4 is 57.5 Å². The van der Waals surface area contributed by atoms with Crippen molar-refractivity contribution in [2.75, 3.05) is 20.8 Å². The number of imide groups is 1. The normalized spacial score (nSPS) is 14.8. The van der Waals surface area contributed by atoms with Gasteiger partial charge in [-0.1, -0.05) is 18.2 Å². The van der Waals surface area contributed by atoms with E-state index in [2.05, 4.69) is 4.74 Å². The molecule has 0 unspecified atom stereocenters. The smallest absolute Gasteiger partial charge is 0.325 e. The molecule has 7 nitrogen and oxygen atoms in total. The molecule has 3 rings (SSSR count). The molecule has 10 heteroatoms. The Hall–Kier alpha value is -2.60. The molecular formula is C21H17FINO6S. The third kappa shape index (κ3) is 5.37. The van der Waals surface area contributed by atoms with Gasteiger partial charge in [0.25, 0.3) is 11.1 Å². The maximum absolute atomic E-state index is 13.9. The minimum absolute atomic E-state index is 0.0186.